The van der Waals surface area contributed by atoms with E-state index in [1.165, 1.54) is 19.1 Å². The van der Waals surface area contributed by atoms with Crippen LogP contribution in [0.4, 0.5) is 0 Å². The van der Waals surface area contributed by atoms with Crippen LogP contribution in [0.15, 0.2) is 53.4 Å². The lowest BCUT2D eigenvalue weighted by Crippen LogP contribution is -2.39. The molecule has 5 nitrogen and oxygen atoms in total. The van der Waals surface area contributed by atoms with Crippen molar-refractivity contribution >= 4 is 27.6 Å². The smallest absolute Gasteiger partial charge is 0.324 e. The monoisotopic (exact) mass is 367 g/mol. The quantitative estimate of drug-likeness (QED) is 0.796. The van der Waals surface area contributed by atoms with Crippen molar-refractivity contribution in [2.75, 3.05) is 0 Å². The Morgan fingerprint density at radius 3 is 2.29 bits per heavy atom. The third-order valence-electron chi connectivity index (χ3n) is 3.31. The highest BCUT2D eigenvalue weighted by molar-refractivity contribution is 7.89. The summed E-state index contributed by atoms with van der Waals surface area (Å²) in [5.74, 6) is -0.652. The van der Waals surface area contributed by atoms with Gasteiger partial charge in [-0.25, -0.2) is 8.42 Å². The van der Waals surface area contributed by atoms with E-state index in [2.05, 4.69) is 4.72 Å². The van der Waals surface area contributed by atoms with E-state index in [1.54, 1.807) is 36.4 Å². The van der Waals surface area contributed by atoms with Gasteiger partial charge in [-0.3, -0.25) is 4.79 Å². The molecule has 7 heteroatoms. The molecule has 0 saturated carbocycles. The number of carbonyl (C=O) groups excluding carboxylic acids is 1. The average molecular weight is 368 g/mol. The van der Waals surface area contributed by atoms with E-state index >= 15 is 0 Å². The summed E-state index contributed by atoms with van der Waals surface area (Å²) in [5.41, 5.74) is 1.71. The van der Waals surface area contributed by atoms with Gasteiger partial charge in [0.05, 0.1) is 4.90 Å². The van der Waals surface area contributed by atoms with Crippen molar-refractivity contribution in [2.24, 2.45) is 0 Å². The summed E-state index contributed by atoms with van der Waals surface area (Å²) in [4.78, 5) is 12.1. The van der Waals surface area contributed by atoms with Crippen molar-refractivity contribution in [1.29, 1.82) is 0 Å². The fourth-order valence-corrected chi connectivity index (χ4v) is 3.24. The van der Waals surface area contributed by atoms with Crippen molar-refractivity contribution in [3.05, 3.63) is 64.7 Å². The molecule has 0 bridgehead atoms. The molecule has 0 spiro atoms. The van der Waals surface area contributed by atoms with E-state index in [9.17, 15) is 13.2 Å². The molecule has 128 valence electrons. The molecule has 2 aromatic carbocycles. The van der Waals surface area contributed by atoms with Gasteiger partial charge in [0.2, 0.25) is 10.0 Å². The summed E-state index contributed by atoms with van der Waals surface area (Å²) < 4.78 is 31.9. The largest absolute Gasteiger partial charge is 0.460 e. The molecule has 0 aromatic heterocycles. The lowest BCUT2D eigenvalue weighted by atomic mass is 10.2. The molecule has 0 saturated heterocycles. The maximum Gasteiger partial charge on any atom is 0.324 e. The van der Waals surface area contributed by atoms with Gasteiger partial charge in [-0.15, -0.1) is 0 Å². The first-order chi connectivity index (χ1) is 11.3. The zero-order valence-electron chi connectivity index (χ0n) is 13.3. The fourth-order valence-electron chi connectivity index (χ4n) is 1.93. The summed E-state index contributed by atoms with van der Waals surface area (Å²) in [6.45, 7) is 3.35. The number of rotatable bonds is 6. The molecule has 0 aliphatic rings. The fraction of sp³-hybridized carbons (Fsp3) is 0.235. The molecule has 24 heavy (non-hydrogen) atoms. The Labute approximate surface area is 146 Å². The maximum absolute atomic E-state index is 12.2. The van der Waals surface area contributed by atoms with Gasteiger partial charge in [-0.1, -0.05) is 41.4 Å². The number of nitrogens with one attached hydrogen (secondary N) is 1. The van der Waals surface area contributed by atoms with Crippen molar-refractivity contribution in [2.45, 2.75) is 31.4 Å². The number of halogens is 1. The van der Waals surface area contributed by atoms with Crippen LogP contribution in [0.5, 0.6) is 0 Å². The SMILES string of the molecule is Cc1ccc(S(=O)(=O)N[C@@H](C)C(=O)OCc2ccc(Cl)cc2)cc1. The summed E-state index contributed by atoms with van der Waals surface area (Å²) in [6.07, 6.45) is 0. The Morgan fingerprint density at radius 2 is 1.71 bits per heavy atom. The molecule has 0 amide bonds. The Balaban J connectivity index is 1.95. The van der Waals surface area contributed by atoms with Crippen molar-refractivity contribution in [3.63, 3.8) is 0 Å². The van der Waals surface area contributed by atoms with Crippen LogP contribution >= 0.6 is 11.6 Å². The zero-order chi connectivity index (χ0) is 17.7. The molecular weight excluding hydrogens is 350 g/mol. The van der Waals surface area contributed by atoms with Gasteiger partial charge in [0.15, 0.2) is 0 Å². The van der Waals surface area contributed by atoms with Crippen LogP contribution in [-0.4, -0.2) is 20.4 Å². The maximum atomic E-state index is 12.2. The standard InChI is InChI=1S/C17H18ClNO4S/c1-12-3-9-16(10-4-12)24(21,22)19-13(2)17(20)23-11-14-5-7-15(18)8-6-14/h3-10,13,19H,11H2,1-2H3/t13-/m0/s1. The predicted octanol–water partition coefficient (Wildman–Crippen LogP) is 3.06. The first-order valence-corrected chi connectivity index (χ1v) is 9.14. The highest BCUT2D eigenvalue weighted by atomic mass is 35.5. The minimum Gasteiger partial charge on any atom is -0.460 e. The second kappa shape index (κ2) is 7.79. The predicted molar refractivity (Wildman–Crippen MR) is 92.2 cm³/mol. The van der Waals surface area contributed by atoms with Gasteiger partial charge in [-0.2, -0.15) is 4.72 Å². The van der Waals surface area contributed by atoms with Crippen molar-refractivity contribution < 1.29 is 17.9 Å². The number of esters is 1. The van der Waals surface area contributed by atoms with E-state index in [4.69, 9.17) is 16.3 Å². The molecular formula is C17H18ClNO4S. The minimum absolute atomic E-state index is 0.0482. The Kier molecular flexibility index (Phi) is 5.99. The number of aryl methyl sites for hydroxylation is 1. The first kappa shape index (κ1) is 18.4. The third-order valence-corrected chi connectivity index (χ3v) is 5.12. The third kappa shape index (κ3) is 5.06. The molecule has 0 aliphatic heterocycles. The van der Waals surface area contributed by atoms with Gasteiger partial charge in [0, 0.05) is 5.02 Å². The number of ether oxygens (including phenoxy) is 1. The molecule has 0 unspecified atom stereocenters. The van der Waals surface area contributed by atoms with Crippen LogP contribution < -0.4 is 4.72 Å². The second-order valence-electron chi connectivity index (χ2n) is 5.39. The van der Waals surface area contributed by atoms with Crippen LogP contribution in [0.3, 0.4) is 0 Å². The van der Waals surface area contributed by atoms with Gasteiger partial charge in [0.1, 0.15) is 12.6 Å². The highest BCUT2D eigenvalue weighted by Gasteiger charge is 2.23. The average Bonchev–Trinajstić information content (AvgIpc) is 2.54. The Hall–Kier alpha value is -1.89. The summed E-state index contributed by atoms with van der Waals surface area (Å²) in [7, 11) is -3.78. The van der Waals surface area contributed by atoms with Crippen molar-refractivity contribution in [1.82, 2.24) is 4.72 Å². The van der Waals surface area contributed by atoms with Crippen LogP contribution in [-0.2, 0) is 26.2 Å². The summed E-state index contributed by atoms with van der Waals surface area (Å²) in [6, 6.07) is 12.2. The van der Waals surface area contributed by atoms with Crippen LogP contribution in [0, 0.1) is 6.92 Å². The van der Waals surface area contributed by atoms with E-state index < -0.39 is 22.0 Å². The van der Waals surface area contributed by atoms with Gasteiger partial charge in [0.25, 0.3) is 0 Å². The number of carbonyl (C=O) groups is 1. The van der Waals surface area contributed by atoms with Gasteiger partial charge < -0.3 is 4.74 Å². The molecule has 0 fully saturated rings. The highest BCUT2D eigenvalue weighted by Crippen LogP contribution is 2.12. The lowest BCUT2D eigenvalue weighted by Gasteiger charge is -2.14. The van der Waals surface area contributed by atoms with Crippen LogP contribution in [0.25, 0.3) is 0 Å². The number of hydrogen-bond acceptors (Lipinski definition) is 4. The Bertz CT molecular complexity index is 801. The minimum atomic E-state index is -3.78. The zero-order valence-corrected chi connectivity index (χ0v) is 14.9. The molecule has 2 rings (SSSR count). The molecule has 1 N–H and O–H groups in total. The molecule has 1 atom stereocenters. The van der Waals surface area contributed by atoms with E-state index in [0.29, 0.717) is 5.02 Å². The molecule has 0 radical (unpaired) electrons. The second-order valence-corrected chi connectivity index (χ2v) is 7.54. The van der Waals surface area contributed by atoms with Crippen LogP contribution in [0.1, 0.15) is 18.1 Å². The van der Waals surface area contributed by atoms with E-state index in [1.807, 2.05) is 6.92 Å². The first-order valence-electron chi connectivity index (χ1n) is 7.28. The van der Waals surface area contributed by atoms with Gasteiger partial charge >= 0.3 is 5.97 Å². The summed E-state index contributed by atoms with van der Waals surface area (Å²) in [5, 5.41) is 0.587. The topological polar surface area (TPSA) is 72.5 Å². The lowest BCUT2D eigenvalue weighted by molar-refractivity contribution is -0.146. The number of sulfonamides is 1. The summed E-state index contributed by atoms with van der Waals surface area (Å²) >= 11 is 5.78. The van der Waals surface area contributed by atoms with Crippen LogP contribution in [0.2, 0.25) is 5.02 Å². The molecule has 0 aliphatic carbocycles. The van der Waals surface area contributed by atoms with Crippen molar-refractivity contribution in [3.8, 4) is 0 Å². The molecule has 2 aromatic rings. The van der Waals surface area contributed by atoms with Gasteiger partial charge in [-0.05, 0) is 43.7 Å². The van der Waals surface area contributed by atoms with E-state index in [-0.39, 0.29) is 11.5 Å². The normalized spacial score (nSPS) is 12.6. The Morgan fingerprint density at radius 1 is 1.12 bits per heavy atom. The number of hydrogen-bond donors (Lipinski definition) is 1. The molecule has 0 heterocycles. The van der Waals surface area contributed by atoms with E-state index in [0.717, 1.165) is 11.1 Å². The number of benzene rings is 2.